The van der Waals surface area contributed by atoms with Gasteiger partial charge in [-0.25, -0.2) is 18.1 Å². The van der Waals surface area contributed by atoms with Crippen LogP contribution in [0, 0.1) is 0 Å². The summed E-state index contributed by atoms with van der Waals surface area (Å²) >= 11 is 0. The van der Waals surface area contributed by atoms with Gasteiger partial charge in [-0.2, -0.15) is 0 Å². The number of hydrogen-bond donors (Lipinski definition) is 3. The van der Waals surface area contributed by atoms with Gasteiger partial charge in [-0.05, 0) is 48.0 Å². The van der Waals surface area contributed by atoms with Crippen molar-refractivity contribution in [1.29, 1.82) is 0 Å². The number of para-hydroxylation sites is 2. The smallest absolute Gasteiger partial charge is 0.262 e. The van der Waals surface area contributed by atoms with Crippen molar-refractivity contribution in [2.24, 2.45) is 7.05 Å². The SMILES string of the molecule is Cn1c(CC(=O)NNC(=O)/C=C/c2ccc(S(=O)(=O)NCc3ccco3)cc2)nc2ccccc21. The lowest BCUT2D eigenvalue weighted by atomic mass is 10.2. The number of amides is 2. The number of benzene rings is 2. The number of carbonyl (C=O) groups is 2. The van der Waals surface area contributed by atoms with E-state index in [1.807, 2.05) is 35.9 Å². The molecule has 180 valence electrons. The molecule has 0 atom stereocenters. The van der Waals surface area contributed by atoms with Crippen molar-refractivity contribution in [3.8, 4) is 0 Å². The van der Waals surface area contributed by atoms with Crippen molar-refractivity contribution in [2.45, 2.75) is 17.9 Å². The van der Waals surface area contributed by atoms with Crippen molar-refractivity contribution in [3.63, 3.8) is 0 Å². The van der Waals surface area contributed by atoms with Crippen molar-refractivity contribution in [3.05, 3.63) is 90.2 Å². The lowest BCUT2D eigenvalue weighted by molar-refractivity contribution is -0.126. The van der Waals surface area contributed by atoms with Gasteiger partial charge in [0.1, 0.15) is 11.6 Å². The van der Waals surface area contributed by atoms with Crippen LogP contribution < -0.4 is 15.6 Å². The first-order valence-electron chi connectivity index (χ1n) is 10.6. The summed E-state index contributed by atoms with van der Waals surface area (Å²) < 4.78 is 34.1. The molecular formula is C24H23N5O5S. The topological polar surface area (TPSA) is 135 Å². The largest absolute Gasteiger partial charge is 0.468 e. The Morgan fingerprint density at radius 2 is 1.80 bits per heavy atom. The number of imidazole rings is 1. The van der Waals surface area contributed by atoms with Gasteiger partial charge in [0.05, 0.1) is 35.2 Å². The Morgan fingerprint density at radius 3 is 2.51 bits per heavy atom. The molecule has 0 unspecified atom stereocenters. The molecule has 0 saturated heterocycles. The van der Waals surface area contributed by atoms with E-state index in [0.29, 0.717) is 17.1 Å². The Kier molecular flexibility index (Phi) is 7.09. The number of sulfonamides is 1. The van der Waals surface area contributed by atoms with Crippen molar-refractivity contribution < 1.29 is 22.4 Å². The number of aryl methyl sites for hydroxylation is 1. The maximum absolute atomic E-state index is 12.4. The van der Waals surface area contributed by atoms with E-state index >= 15 is 0 Å². The average molecular weight is 494 g/mol. The van der Waals surface area contributed by atoms with Gasteiger partial charge in [0, 0.05) is 13.1 Å². The highest BCUT2D eigenvalue weighted by atomic mass is 32.2. The second-order valence-corrected chi connectivity index (χ2v) is 9.36. The zero-order valence-corrected chi connectivity index (χ0v) is 19.6. The highest BCUT2D eigenvalue weighted by Crippen LogP contribution is 2.15. The van der Waals surface area contributed by atoms with Gasteiger partial charge in [0.25, 0.3) is 5.91 Å². The van der Waals surface area contributed by atoms with Gasteiger partial charge in [-0.1, -0.05) is 24.3 Å². The predicted molar refractivity (Wildman–Crippen MR) is 129 cm³/mol. The van der Waals surface area contributed by atoms with Crippen molar-refractivity contribution in [2.75, 3.05) is 0 Å². The van der Waals surface area contributed by atoms with E-state index in [9.17, 15) is 18.0 Å². The van der Waals surface area contributed by atoms with Crippen LogP contribution in [-0.2, 0) is 39.6 Å². The molecule has 4 rings (SSSR count). The van der Waals surface area contributed by atoms with Gasteiger partial charge in [-0.3, -0.25) is 20.4 Å². The van der Waals surface area contributed by atoms with E-state index in [-0.39, 0.29) is 17.9 Å². The molecule has 0 radical (unpaired) electrons. The number of hydrazine groups is 1. The number of rotatable bonds is 8. The standard InChI is InChI=1S/C24H23N5O5S/c1-29-21-7-3-2-6-20(21)26-22(29)15-24(31)28-27-23(30)13-10-17-8-11-19(12-9-17)35(32,33)25-16-18-5-4-14-34-18/h2-14,25H,15-16H2,1H3,(H,27,30)(H,28,31)/b13-10+. The molecule has 0 aliphatic heterocycles. The molecule has 35 heavy (non-hydrogen) atoms. The van der Waals surface area contributed by atoms with Crippen molar-refractivity contribution in [1.82, 2.24) is 25.1 Å². The van der Waals surface area contributed by atoms with Gasteiger partial charge in [-0.15, -0.1) is 0 Å². The fourth-order valence-electron chi connectivity index (χ4n) is 3.31. The molecule has 0 aliphatic rings. The summed E-state index contributed by atoms with van der Waals surface area (Å²) in [6, 6.07) is 16.9. The lowest BCUT2D eigenvalue weighted by Gasteiger charge is -2.06. The molecule has 2 heterocycles. The van der Waals surface area contributed by atoms with Crippen LogP contribution in [0.25, 0.3) is 17.1 Å². The van der Waals surface area contributed by atoms with E-state index in [4.69, 9.17) is 4.42 Å². The first-order valence-corrected chi connectivity index (χ1v) is 12.1. The van der Waals surface area contributed by atoms with Crippen LogP contribution in [0.4, 0.5) is 0 Å². The summed E-state index contributed by atoms with van der Waals surface area (Å²) in [6.45, 7) is 0.0411. The molecule has 3 N–H and O–H groups in total. The van der Waals surface area contributed by atoms with Crippen LogP contribution in [0.5, 0.6) is 0 Å². The molecular weight excluding hydrogens is 470 g/mol. The molecule has 2 amide bonds. The molecule has 0 spiro atoms. The monoisotopic (exact) mass is 493 g/mol. The van der Waals surface area contributed by atoms with Crippen LogP contribution in [0.3, 0.4) is 0 Å². The molecule has 0 aliphatic carbocycles. The molecule has 2 aromatic carbocycles. The first-order chi connectivity index (χ1) is 16.8. The summed E-state index contributed by atoms with van der Waals surface area (Å²) in [6.07, 6.45) is 4.20. The molecule has 11 heteroatoms. The van der Waals surface area contributed by atoms with E-state index in [2.05, 4.69) is 20.6 Å². The number of nitrogens with zero attached hydrogens (tertiary/aromatic N) is 2. The third-order valence-corrected chi connectivity index (χ3v) is 6.57. The first kappa shape index (κ1) is 23.9. The maximum Gasteiger partial charge on any atom is 0.262 e. The predicted octanol–water partition coefficient (Wildman–Crippen LogP) is 2.05. The minimum Gasteiger partial charge on any atom is -0.468 e. The number of aromatic nitrogens is 2. The van der Waals surface area contributed by atoms with Crippen LogP contribution >= 0.6 is 0 Å². The third-order valence-electron chi connectivity index (χ3n) is 5.16. The van der Waals surface area contributed by atoms with Gasteiger partial charge < -0.3 is 8.98 Å². The summed E-state index contributed by atoms with van der Waals surface area (Å²) in [5.41, 5.74) is 6.98. The van der Waals surface area contributed by atoms with Gasteiger partial charge >= 0.3 is 0 Å². The minimum atomic E-state index is -3.71. The minimum absolute atomic E-state index is 0.000925. The highest BCUT2D eigenvalue weighted by Gasteiger charge is 2.14. The number of hydrogen-bond acceptors (Lipinski definition) is 6. The molecule has 10 nitrogen and oxygen atoms in total. The molecule has 4 aromatic rings. The van der Waals surface area contributed by atoms with E-state index in [1.54, 1.807) is 24.3 Å². The van der Waals surface area contributed by atoms with Gasteiger partial charge in [0.2, 0.25) is 15.9 Å². The number of furan rings is 1. The third kappa shape index (κ3) is 6.02. The molecule has 0 bridgehead atoms. The highest BCUT2D eigenvalue weighted by molar-refractivity contribution is 7.89. The summed E-state index contributed by atoms with van der Waals surface area (Å²) in [5, 5.41) is 0. The summed E-state index contributed by atoms with van der Waals surface area (Å²) in [7, 11) is -1.88. The van der Waals surface area contributed by atoms with E-state index < -0.39 is 21.8 Å². The zero-order chi connectivity index (χ0) is 24.8. The Balaban J connectivity index is 1.27. The van der Waals surface area contributed by atoms with Crippen LogP contribution in [0.1, 0.15) is 17.1 Å². The molecule has 0 saturated carbocycles. The maximum atomic E-state index is 12.4. The van der Waals surface area contributed by atoms with Crippen LogP contribution in [0.15, 0.2) is 82.3 Å². The Morgan fingerprint density at radius 1 is 1.03 bits per heavy atom. The molecule has 0 fully saturated rings. The van der Waals surface area contributed by atoms with Crippen LogP contribution in [0.2, 0.25) is 0 Å². The fourth-order valence-corrected chi connectivity index (χ4v) is 4.30. The normalized spacial score (nSPS) is 11.7. The molecule has 2 aromatic heterocycles. The van der Waals surface area contributed by atoms with Gasteiger partial charge in [0.15, 0.2) is 0 Å². The van der Waals surface area contributed by atoms with Crippen molar-refractivity contribution >= 4 is 38.9 Å². The zero-order valence-electron chi connectivity index (χ0n) is 18.8. The number of fused-ring (bicyclic) bond motifs is 1. The lowest BCUT2D eigenvalue weighted by Crippen LogP contribution is -2.41. The van der Waals surface area contributed by atoms with E-state index in [0.717, 1.165) is 11.0 Å². The average Bonchev–Trinajstić information content (AvgIpc) is 3.49. The Bertz CT molecular complexity index is 1470. The summed E-state index contributed by atoms with van der Waals surface area (Å²) in [5.74, 6) is 0.115. The quantitative estimate of drug-likeness (QED) is 0.254. The second kappa shape index (κ2) is 10.4. The summed E-state index contributed by atoms with van der Waals surface area (Å²) in [4.78, 5) is 28.8. The van der Waals surface area contributed by atoms with Crippen LogP contribution in [-0.4, -0.2) is 29.8 Å². The Hall–Kier alpha value is -4.22. The fraction of sp³-hybridized carbons (Fsp3) is 0.125. The number of carbonyl (C=O) groups excluding carboxylic acids is 2. The number of nitrogens with one attached hydrogen (secondary N) is 3. The second-order valence-electron chi connectivity index (χ2n) is 7.60. The van der Waals surface area contributed by atoms with E-state index in [1.165, 1.54) is 30.5 Å². The Labute approximate surface area is 201 Å².